The maximum absolute atomic E-state index is 11.5. The molecule has 0 fully saturated rings. The summed E-state index contributed by atoms with van der Waals surface area (Å²) in [5, 5.41) is 11.5. The first kappa shape index (κ1) is 21.8. The van der Waals surface area contributed by atoms with Crippen LogP contribution in [-0.4, -0.2) is 38.6 Å². The molecule has 0 bridgehead atoms. The zero-order valence-corrected chi connectivity index (χ0v) is 17.6. The van der Waals surface area contributed by atoms with E-state index in [4.69, 9.17) is 4.74 Å². The normalized spacial score (nSPS) is 12.3. The monoisotopic (exact) mass is 402 g/mol. The lowest BCUT2D eigenvalue weighted by molar-refractivity contribution is -0.122. The van der Waals surface area contributed by atoms with Crippen LogP contribution >= 0.6 is 11.3 Å². The number of benzene rings is 1. The Morgan fingerprint density at radius 3 is 2.79 bits per heavy atom. The first-order valence-electron chi connectivity index (χ1n) is 9.56. The molecule has 2 aromatic rings. The molecule has 0 saturated heterocycles. The molecule has 1 heterocycles. The molecule has 0 saturated carbocycles. The minimum Gasteiger partial charge on any atom is -0.484 e. The average Bonchev–Trinajstić information content (AvgIpc) is 3.20. The van der Waals surface area contributed by atoms with E-state index in [0.717, 1.165) is 24.5 Å². The van der Waals surface area contributed by atoms with Crippen molar-refractivity contribution < 1.29 is 9.53 Å². The Kier molecular flexibility index (Phi) is 9.34. The summed E-state index contributed by atoms with van der Waals surface area (Å²) in [5.41, 5.74) is 1.06. The molecule has 3 N–H and O–H groups in total. The summed E-state index contributed by atoms with van der Waals surface area (Å²) in [6.45, 7) is 6.22. The highest BCUT2D eigenvalue weighted by Gasteiger charge is 2.07. The van der Waals surface area contributed by atoms with Crippen molar-refractivity contribution in [2.75, 3.05) is 26.7 Å². The van der Waals surface area contributed by atoms with Crippen molar-refractivity contribution in [3.63, 3.8) is 0 Å². The fourth-order valence-electron chi connectivity index (χ4n) is 2.66. The van der Waals surface area contributed by atoms with Gasteiger partial charge in [-0.05, 0) is 48.4 Å². The van der Waals surface area contributed by atoms with E-state index in [-0.39, 0.29) is 12.5 Å². The number of nitrogens with one attached hydrogen (secondary N) is 3. The number of nitrogens with zero attached hydrogens (tertiary/aromatic N) is 1. The molecule has 2 rings (SSSR count). The van der Waals surface area contributed by atoms with Gasteiger partial charge in [0.2, 0.25) is 0 Å². The summed E-state index contributed by atoms with van der Waals surface area (Å²) in [6, 6.07) is 12.0. The van der Waals surface area contributed by atoms with Gasteiger partial charge >= 0.3 is 0 Å². The molecule has 0 radical (unpaired) electrons. The van der Waals surface area contributed by atoms with Gasteiger partial charge in [-0.3, -0.25) is 9.79 Å². The Labute approximate surface area is 171 Å². The number of carbonyl (C=O) groups is 1. The average molecular weight is 403 g/mol. The van der Waals surface area contributed by atoms with Gasteiger partial charge in [0.25, 0.3) is 5.91 Å². The first-order chi connectivity index (χ1) is 13.6. The van der Waals surface area contributed by atoms with E-state index in [1.54, 1.807) is 18.4 Å². The van der Waals surface area contributed by atoms with Crippen LogP contribution in [0, 0.1) is 5.92 Å². The Hall–Kier alpha value is -2.54. The van der Waals surface area contributed by atoms with Crippen molar-refractivity contribution >= 4 is 23.2 Å². The van der Waals surface area contributed by atoms with Gasteiger partial charge < -0.3 is 20.7 Å². The molecule has 0 aliphatic carbocycles. The van der Waals surface area contributed by atoms with Gasteiger partial charge in [0.1, 0.15) is 5.75 Å². The van der Waals surface area contributed by atoms with Crippen molar-refractivity contribution in [2.24, 2.45) is 10.9 Å². The number of ether oxygens (including phenoxy) is 1. The Balaban J connectivity index is 1.76. The third kappa shape index (κ3) is 8.00. The molecule has 1 aromatic heterocycles. The van der Waals surface area contributed by atoms with Crippen molar-refractivity contribution in [3.05, 3.63) is 52.2 Å². The van der Waals surface area contributed by atoms with Crippen LogP contribution < -0.4 is 20.7 Å². The second-order valence-electron chi connectivity index (χ2n) is 6.58. The fraction of sp³-hybridized carbons (Fsp3) is 0.429. The molecule has 152 valence electrons. The number of guanidine groups is 1. The zero-order valence-electron chi connectivity index (χ0n) is 16.8. The molecule has 6 nitrogen and oxygen atoms in total. The van der Waals surface area contributed by atoms with E-state index in [9.17, 15) is 4.79 Å². The molecule has 1 aromatic carbocycles. The summed E-state index contributed by atoms with van der Waals surface area (Å²) >= 11 is 1.80. The van der Waals surface area contributed by atoms with E-state index in [0.29, 0.717) is 24.8 Å². The molecule has 1 amide bonds. The number of rotatable bonds is 10. The first-order valence-corrected chi connectivity index (χ1v) is 10.4. The van der Waals surface area contributed by atoms with Crippen molar-refractivity contribution in [3.8, 4) is 5.75 Å². The van der Waals surface area contributed by atoms with Crippen LogP contribution in [0.5, 0.6) is 5.75 Å². The summed E-state index contributed by atoms with van der Waals surface area (Å²) in [6.07, 6.45) is 1.06. The predicted octanol–water partition coefficient (Wildman–Crippen LogP) is 2.81. The fourth-order valence-corrected chi connectivity index (χ4v) is 3.53. The lowest BCUT2D eigenvalue weighted by Gasteiger charge is -2.16. The number of hydrogen-bond acceptors (Lipinski definition) is 4. The minimum absolute atomic E-state index is 0.0239. The highest BCUT2D eigenvalue weighted by atomic mass is 32.1. The highest BCUT2D eigenvalue weighted by Crippen LogP contribution is 2.14. The van der Waals surface area contributed by atoms with Crippen molar-refractivity contribution in [1.29, 1.82) is 0 Å². The lowest BCUT2D eigenvalue weighted by atomic mass is 10.1. The van der Waals surface area contributed by atoms with Crippen molar-refractivity contribution in [2.45, 2.75) is 26.8 Å². The number of aliphatic imine (C=N–C) groups is 1. The van der Waals surface area contributed by atoms with Crippen molar-refractivity contribution in [1.82, 2.24) is 16.0 Å². The van der Waals surface area contributed by atoms with Crippen LogP contribution in [-0.2, 0) is 17.8 Å². The van der Waals surface area contributed by atoms with E-state index in [1.165, 1.54) is 4.88 Å². The second-order valence-corrected chi connectivity index (χ2v) is 7.62. The number of hydrogen-bond donors (Lipinski definition) is 3. The molecule has 0 spiro atoms. The van der Waals surface area contributed by atoms with Gasteiger partial charge in [0.15, 0.2) is 12.6 Å². The topological polar surface area (TPSA) is 74.8 Å². The van der Waals surface area contributed by atoms with E-state index in [1.807, 2.05) is 31.2 Å². The third-order valence-corrected chi connectivity index (χ3v) is 4.97. The SMILES string of the molecule is CCNC(=O)COc1cccc(CNC(=NC)NCC(C)Cc2cccs2)c1. The molecule has 1 atom stereocenters. The Bertz CT molecular complexity index is 747. The summed E-state index contributed by atoms with van der Waals surface area (Å²) in [7, 11) is 1.77. The summed E-state index contributed by atoms with van der Waals surface area (Å²) in [5.74, 6) is 1.85. The molecule has 7 heteroatoms. The number of amides is 1. The Morgan fingerprint density at radius 1 is 1.21 bits per heavy atom. The predicted molar refractivity (Wildman–Crippen MR) is 116 cm³/mol. The zero-order chi connectivity index (χ0) is 20.2. The molecule has 1 unspecified atom stereocenters. The van der Waals surface area contributed by atoms with Crippen LogP contribution in [0.4, 0.5) is 0 Å². The number of thiophene rings is 1. The summed E-state index contributed by atoms with van der Waals surface area (Å²) in [4.78, 5) is 17.2. The van der Waals surface area contributed by atoms with Crippen LogP contribution in [0.25, 0.3) is 0 Å². The number of likely N-dealkylation sites (N-methyl/N-ethyl adjacent to an activating group) is 1. The largest absolute Gasteiger partial charge is 0.484 e. The van der Waals surface area contributed by atoms with Gasteiger partial charge in [-0.25, -0.2) is 0 Å². The van der Waals surface area contributed by atoms with Crippen LogP contribution in [0.15, 0.2) is 46.8 Å². The van der Waals surface area contributed by atoms with Gasteiger partial charge in [0.05, 0.1) is 0 Å². The maximum Gasteiger partial charge on any atom is 0.257 e. The van der Waals surface area contributed by atoms with Gasteiger partial charge in [-0.2, -0.15) is 0 Å². The van der Waals surface area contributed by atoms with Crippen LogP contribution in [0.3, 0.4) is 0 Å². The van der Waals surface area contributed by atoms with E-state index >= 15 is 0 Å². The van der Waals surface area contributed by atoms with Gasteiger partial charge in [-0.15, -0.1) is 11.3 Å². The molecule has 0 aliphatic rings. The Morgan fingerprint density at radius 2 is 2.07 bits per heavy atom. The molecular formula is C21H30N4O2S. The number of carbonyl (C=O) groups excluding carboxylic acids is 1. The maximum atomic E-state index is 11.5. The standard InChI is InChI=1S/C21H30N4O2S/c1-4-23-20(26)15-27-18-8-5-7-17(12-18)14-25-21(22-3)24-13-16(2)11-19-9-6-10-28-19/h5-10,12,16H,4,11,13-15H2,1-3H3,(H,23,26)(H2,22,24,25). The summed E-state index contributed by atoms with van der Waals surface area (Å²) < 4.78 is 5.54. The second kappa shape index (κ2) is 12.0. The van der Waals surface area contributed by atoms with E-state index in [2.05, 4.69) is 45.4 Å². The van der Waals surface area contributed by atoms with Gasteiger partial charge in [-0.1, -0.05) is 25.1 Å². The molecule has 28 heavy (non-hydrogen) atoms. The van der Waals surface area contributed by atoms with Crippen LogP contribution in [0.1, 0.15) is 24.3 Å². The smallest absolute Gasteiger partial charge is 0.257 e. The minimum atomic E-state index is -0.118. The van der Waals surface area contributed by atoms with Gasteiger partial charge in [0, 0.05) is 31.6 Å². The molecule has 0 aliphatic heterocycles. The quantitative estimate of drug-likeness (QED) is 0.422. The van der Waals surface area contributed by atoms with E-state index < -0.39 is 0 Å². The lowest BCUT2D eigenvalue weighted by Crippen LogP contribution is -2.39. The molecular weight excluding hydrogens is 372 g/mol. The third-order valence-electron chi connectivity index (χ3n) is 4.07. The highest BCUT2D eigenvalue weighted by molar-refractivity contribution is 7.09. The van der Waals surface area contributed by atoms with Crippen LogP contribution in [0.2, 0.25) is 0 Å².